The Labute approximate surface area is 107 Å². The normalized spacial score (nSPS) is 11.3. The van der Waals surface area contributed by atoms with Crippen molar-refractivity contribution < 1.29 is 14.2 Å². The maximum absolute atomic E-state index is 8.64. The summed E-state index contributed by atoms with van der Waals surface area (Å²) in [6.45, 7) is 1.94. The van der Waals surface area contributed by atoms with Crippen LogP contribution in [-0.2, 0) is 0 Å². The van der Waals surface area contributed by atoms with Crippen molar-refractivity contribution in [1.29, 1.82) is 5.26 Å². The summed E-state index contributed by atoms with van der Waals surface area (Å²) < 4.78 is 15.7. The largest absolute Gasteiger partial charge is 0.493 e. The highest BCUT2D eigenvalue weighted by Gasteiger charge is 2.13. The van der Waals surface area contributed by atoms with Crippen LogP contribution >= 0.6 is 0 Å². The molecule has 98 valence electrons. The van der Waals surface area contributed by atoms with Crippen LogP contribution in [0.2, 0.25) is 0 Å². The zero-order chi connectivity index (χ0) is 13.5. The number of methoxy groups -OCH3 is 3. The average molecular weight is 250 g/mol. The third-order valence-electron chi connectivity index (χ3n) is 2.48. The monoisotopic (exact) mass is 250 g/mol. The van der Waals surface area contributed by atoms with Gasteiger partial charge in [0.05, 0.1) is 33.8 Å². The molecule has 18 heavy (non-hydrogen) atoms. The summed E-state index contributed by atoms with van der Waals surface area (Å²) in [5.74, 6) is 1.73. The lowest BCUT2D eigenvalue weighted by Gasteiger charge is -2.17. The minimum Gasteiger partial charge on any atom is -0.493 e. The second-order valence-corrected chi connectivity index (χ2v) is 3.82. The van der Waals surface area contributed by atoms with Crippen molar-refractivity contribution in [3.8, 4) is 23.3 Å². The minimum atomic E-state index is 0.0535. The van der Waals surface area contributed by atoms with E-state index in [1.54, 1.807) is 21.3 Å². The molecule has 0 saturated heterocycles. The van der Waals surface area contributed by atoms with E-state index in [0.717, 1.165) is 5.69 Å². The van der Waals surface area contributed by atoms with Gasteiger partial charge in [0, 0.05) is 23.9 Å². The zero-order valence-corrected chi connectivity index (χ0v) is 11.1. The minimum absolute atomic E-state index is 0.0535. The van der Waals surface area contributed by atoms with Gasteiger partial charge in [-0.2, -0.15) is 5.26 Å². The summed E-state index contributed by atoms with van der Waals surface area (Å²) in [6.07, 6.45) is 0.427. The molecule has 0 radical (unpaired) electrons. The number of ether oxygens (including phenoxy) is 3. The van der Waals surface area contributed by atoms with Crippen LogP contribution in [0.15, 0.2) is 12.1 Å². The average Bonchev–Trinajstić information content (AvgIpc) is 2.37. The molecule has 0 saturated carbocycles. The van der Waals surface area contributed by atoms with Gasteiger partial charge in [0.15, 0.2) is 11.5 Å². The molecule has 0 aliphatic carbocycles. The highest BCUT2D eigenvalue weighted by molar-refractivity contribution is 5.62. The fourth-order valence-electron chi connectivity index (χ4n) is 1.64. The summed E-state index contributed by atoms with van der Waals surface area (Å²) in [5, 5.41) is 11.8. The van der Waals surface area contributed by atoms with Crippen molar-refractivity contribution >= 4 is 5.69 Å². The predicted molar refractivity (Wildman–Crippen MR) is 69.4 cm³/mol. The Balaban J connectivity index is 3.04. The molecule has 0 heterocycles. The van der Waals surface area contributed by atoms with E-state index in [4.69, 9.17) is 19.5 Å². The van der Waals surface area contributed by atoms with Crippen LogP contribution in [-0.4, -0.2) is 27.4 Å². The van der Waals surface area contributed by atoms with Crippen LogP contribution < -0.4 is 19.5 Å². The van der Waals surface area contributed by atoms with E-state index in [1.807, 2.05) is 19.1 Å². The van der Waals surface area contributed by atoms with E-state index in [-0.39, 0.29) is 6.04 Å². The Morgan fingerprint density at radius 2 is 1.72 bits per heavy atom. The molecule has 0 fully saturated rings. The lowest BCUT2D eigenvalue weighted by Crippen LogP contribution is -2.14. The molecular weight excluding hydrogens is 232 g/mol. The Morgan fingerprint density at radius 1 is 1.17 bits per heavy atom. The number of rotatable bonds is 6. The molecule has 1 aromatic rings. The Kier molecular flexibility index (Phi) is 5.12. The van der Waals surface area contributed by atoms with E-state index < -0.39 is 0 Å². The van der Waals surface area contributed by atoms with E-state index >= 15 is 0 Å². The quantitative estimate of drug-likeness (QED) is 0.840. The second kappa shape index (κ2) is 6.60. The highest BCUT2D eigenvalue weighted by atomic mass is 16.5. The number of benzene rings is 1. The summed E-state index contributed by atoms with van der Waals surface area (Å²) in [4.78, 5) is 0. The zero-order valence-electron chi connectivity index (χ0n) is 11.1. The first-order chi connectivity index (χ1) is 8.65. The Morgan fingerprint density at radius 3 is 2.11 bits per heavy atom. The second-order valence-electron chi connectivity index (χ2n) is 3.82. The van der Waals surface area contributed by atoms with Gasteiger partial charge in [0.25, 0.3) is 0 Å². The van der Waals surface area contributed by atoms with Crippen molar-refractivity contribution in [3.05, 3.63) is 12.1 Å². The van der Waals surface area contributed by atoms with E-state index in [1.165, 1.54) is 0 Å². The van der Waals surface area contributed by atoms with Crippen LogP contribution in [0.4, 0.5) is 5.69 Å². The van der Waals surface area contributed by atoms with Crippen LogP contribution in [0.3, 0.4) is 0 Å². The number of nitriles is 1. The highest BCUT2D eigenvalue weighted by Crippen LogP contribution is 2.40. The van der Waals surface area contributed by atoms with Gasteiger partial charge in [-0.05, 0) is 6.92 Å². The van der Waals surface area contributed by atoms with Crippen molar-refractivity contribution in [2.75, 3.05) is 26.6 Å². The molecule has 0 aliphatic rings. The summed E-state index contributed by atoms with van der Waals surface area (Å²) >= 11 is 0. The maximum atomic E-state index is 8.64. The SMILES string of the molecule is COc1cc(NC(C)CC#N)cc(OC)c1OC. The van der Waals surface area contributed by atoms with Gasteiger partial charge < -0.3 is 19.5 Å². The molecule has 1 unspecified atom stereocenters. The lowest BCUT2D eigenvalue weighted by atomic mass is 10.2. The summed E-state index contributed by atoms with van der Waals surface area (Å²) in [7, 11) is 4.70. The van der Waals surface area contributed by atoms with Crippen LogP contribution in [0.5, 0.6) is 17.2 Å². The predicted octanol–water partition coefficient (Wildman–Crippen LogP) is 2.43. The maximum Gasteiger partial charge on any atom is 0.203 e. The fraction of sp³-hybridized carbons (Fsp3) is 0.462. The molecule has 0 aliphatic heterocycles. The van der Waals surface area contributed by atoms with Crippen molar-refractivity contribution in [1.82, 2.24) is 0 Å². The summed E-state index contributed by atoms with van der Waals surface area (Å²) in [6, 6.07) is 5.80. The molecule has 1 atom stereocenters. The molecule has 0 amide bonds. The number of nitrogens with one attached hydrogen (secondary N) is 1. The third-order valence-corrected chi connectivity index (χ3v) is 2.48. The van der Waals surface area contributed by atoms with Gasteiger partial charge >= 0.3 is 0 Å². The first-order valence-corrected chi connectivity index (χ1v) is 5.59. The van der Waals surface area contributed by atoms with E-state index in [9.17, 15) is 0 Å². The molecule has 5 heteroatoms. The lowest BCUT2D eigenvalue weighted by molar-refractivity contribution is 0.324. The molecule has 0 aromatic heterocycles. The van der Waals surface area contributed by atoms with Gasteiger partial charge in [0.1, 0.15) is 0 Å². The molecular formula is C13H18N2O3. The molecule has 5 nitrogen and oxygen atoms in total. The van der Waals surface area contributed by atoms with Gasteiger partial charge in [-0.15, -0.1) is 0 Å². The van der Waals surface area contributed by atoms with Crippen molar-refractivity contribution in [2.45, 2.75) is 19.4 Å². The topological polar surface area (TPSA) is 63.5 Å². The van der Waals surface area contributed by atoms with Gasteiger partial charge in [0.2, 0.25) is 5.75 Å². The van der Waals surface area contributed by atoms with Gasteiger partial charge in [-0.25, -0.2) is 0 Å². The molecule has 1 aromatic carbocycles. The molecule has 0 bridgehead atoms. The Hall–Kier alpha value is -2.09. The number of anilines is 1. The summed E-state index contributed by atoms with van der Waals surface area (Å²) in [5.41, 5.74) is 0.826. The van der Waals surface area contributed by atoms with Crippen molar-refractivity contribution in [3.63, 3.8) is 0 Å². The van der Waals surface area contributed by atoms with Gasteiger partial charge in [-0.3, -0.25) is 0 Å². The third kappa shape index (κ3) is 3.20. The van der Waals surface area contributed by atoms with Crippen molar-refractivity contribution in [2.24, 2.45) is 0 Å². The van der Waals surface area contributed by atoms with Crippen LogP contribution in [0.25, 0.3) is 0 Å². The molecule has 1 rings (SSSR count). The Bertz CT molecular complexity index is 415. The van der Waals surface area contributed by atoms with Crippen LogP contribution in [0.1, 0.15) is 13.3 Å². The smallest absolute Gasteiger partial charge is 0.203 e. The number of hydrogen-bond acceptors (Lipinski definition) is 5. The standard InChI is InChI=1S/C13H18N2O3/c1-9(5-6-14)15-10-7-11(16-2)13(18-4)12(8-10)17-3/h7-9,15H,5H2,1-4H3. The first kappa shape index (κ1) is 14.0. The number of hydrogen-bond donors (Lipinski definition) is 1. The van der Waals surface area contributed by atoms with Crippen LogP contribution in [0, 0.1) is 11.3 Å². The van der Waals surface area contributed by atoms with E-state index in [2.05, 4.69) is 11.4 Å². The fourth-order valence-corrected chi connectivity index (χ4v) is 1.64. The first-order valence-electron chi connectivity index (χ1n) is 5.59. The van der Waals surface area contributed by atoms with E-state index in [0.29, 0.717) is 23.7 Å². The van der Waals surface area contributed by atoms with Gasteiger partial charge in [-0.1, -0.05) is 0 Å². The molecule has 0 spiro atoms. The number of nitrogens with zero attached hydrogens (tertiary/aromatic N) is 1. The molecule has 1 N–H and O–H groups in total.